The molecule has 144 valence electrons. The third-order valence-electron chi connectivity index (χ3n) is 4.05. The number of aryl methyl sites for hydroxylation is 1. The molecule has 0 unspecified atom stereocenters. The van der Waals surface area contributed by atoms with E-state index in [4.69, 9.17) is 11.6 Å². The van der Waals surface area contributed by atoms with Crippen LogP contribution in [-0.2, 0) is 11.3 Å². The van der Waals surface area contributed by atoms with Crippen LogP contribution in [0.2, 0.25) is 5.02 Å². The standard InChI is InChI=1S/C20H20ClN5OS/c1-3-26-19(15-8-10-17(21)11-9-15)24-25-20(26)28-13-18(27)23-22-12-16-7-5-4-6-14(16)2/h4-12H,3,13H2,1-2H3,(H,23,27)/b22-12-. The van der Waals surface area contributed by atoms with Gasteiger partial charge in [0, 0.05) is 17.1 Å². The van der Waals surface area contributed by atoms with Crippen LogP contribution >= 0.6 is 23.4 Å². The van der Waals surface area contributed by atoms with Gasteiger partial charge in [0.2, 0.25) is 0 Å². The molecule has 8 heteroatoms. The van der Waals surface area contributed by atoms with Crippen LogP contribution in [0.1, 0.15) is 18.1 Å². The van der Waals surface area contributed by atoms with Crippen molar-refractivity contribution in [3.8, 4) is 11.4 Å². The lowest BCUT2D eigenvalue weighted by molar-refractivity contribution is -0.118. The van der Waals surface area contributed by atoms with Crippen LogP contribution in [-0.4, -0.2) is 32.6 Å². The highest BCUT2D eigenvalue weighted by Crippen LogP contribution is 2.24. The summed E-state index contributed by atoms with van der Waals surface area (Å²) in [5, 5.41) is 13.9. The highest BCUT2D eigenvalue weighted by atomic mass is 35.5. The topological polar surface area (TPSA) is 72.2 Å². The van der Waals surface area contributed by atoms with Crippen molar-refractivity contribution in [1.29, 1.82) is 0 Å². The molecule has 28 heavy (non-hydrogen) atoms. The Hall–Kier alpha value is -2.64. The molecule has 0 saturated carbocycles. The normalized spacial score (nSPS) is 11.1. The monoisotopic (exact) mass is 413 g/mol. The highest BCUT2D eigenvalue weighted by Gasteiger charge is 2.14. The van der Waals surface area contributed by atoms with Crippen molar-refractivity contribution in [2.75, 3.05) is 5.75 Å². The molecule has 0 saturated heterocycles. The van der Waals surface area contributed by atoms with E-state index in [9.17, 15) is 4.79 Å². The molecule has 0 fully saturated rings. The lowest BCUT2D eigenvalue weighted by atomic mass is 10.1. The van der Waals surface area contributed by atoms with E-state index in [-0.39, 0.29) is 11.7 Å². The van der Waals surface area contributed by atoms with Crippen LogP contribution < -0.4 is 5.43 Å². The second-order valence-corrected chi connectivity index (χ2v) is 7.37. The predicted molar refractivity (Wildman–Crippen MR) is 114 cm³/mol. The Morgan fingerprint density at radius 3 is 2.68 bits per heavy atom. The number of nitrogens with one attached hydrogen (secondary N) is 1. The summed E-state index contributed by atoms with van der Waals surface area (Å²) in [4.78, 5) is 12.1. The third-order valence-corrected chi connectivity index (χ3v) is 5.27. The van der Waals surface area contributed by atoms with Crippen LogP contribution in [0.3, 0.4) is 0 Å². The van der Waals surface area contributed by atoms with E-state index in [2.05, 4.69) is 20.7 Å². The fraction of sp³-hybridized carbons (Fsp3) is 0.200. The average Bonchev–Trinajstić information content (AvgIpc) is 3.11. The number of carbonyl (C=O) groups is 1. The number of benzene rings is 2. The lowest BCUT2D eigenvalue weighted by Gasteiger charge is -2.07. The maximum atomic E-state index is 12.1. The number of amides is 1. The van der Waals surface area contributed by atoms with Gasteiger partial charge in [0.1, 0.15) is 0 Å². The Bertz CT molecular complexity index is 985. The molecule has 1 N–H and O–H groups in total. The first-order chi connectivity index (χ1) is 13.6. The SMILES string of the molecule is CCn1c(SCC(=O)N/N=C\c2ccccc2C)nnc1-c1ccc(Cl)cc1. The van der Waals surface area contributed by atoms with Gasteiger partial charge >= 0.3 is 0 Å². The fourth-order valence-corrected chi connectivity index (χ4v) is 3.48. The predicted octanol–water partition coefficient (Wildman–Crippen LogP) is 4.17. The number of aromatic nitrogens is 3. The minimum absolute atomic E-state index is 0.198. The van der Waals surface area contributed by atoms with Gasteiger partial charge < -0.3 is 4.57 Å². The van der Waals surface area contributed by atoms with E-state index in [0.717, 1.165) is 22.5 Å². The maximum absolute atomic E-state index is 12.1. The molecule has 0 aliphatic carbocycles. The van der Waals surface area contributed by atoms with Gasteiger partial charge in [-0.1, -0.05) is 47.6 Å². The zero-order valence-corrected chi connectivity index (χ0v) is 17.2. The molecular formula is C20H20ClN5OS. The molecule has 0 atom stereocenters. The van der Waals surface area contributed by atoms with Crippen LogP contribution in [0.15, 0.2) is 58.8 Å². The second kappa shape index (κ2) is 9.52. The number of carbonyl (C=O) groups excluding carboxylic acids is 1. The van der Waals surface area contributed by atoms with Crippen molar-refractivity contribution < 1.29 is 4.79 Å². The summed E-state index contributed by atoms with van der Waals surface area (Å²) in [6, 6.07) is 15.3. The molecule has 3 rings (SSSR count). The van der Waals surface area contributed by atoms with E-state index in [1.54, 1.807) is 6.21 Å². The fourth-order valence-electron chi connectivity index (χ4n) is 2.56. The summed E-state index contributed by atoms with van der Waals surface area (Å²) in [6.45, 7) is 4.70. The van der Waals surface area contributed by atoms with Gasteiger partial charge in [-0.25, -0.2) is 5.43 Å². The molecule has 1 aromatic heterocycles. The van der Waals surface area contributed by atoms with E-state index >= 15 is 0 Å². The van der Waals surface area contributed by atoms with Crippen molar-refractivity contribution in [3.63, 3.8) is 0 Å². The molecular weight excluding hydrogens is 394 g/mol. The smallest absolute Gasteiger partial charge is 0.250 e. The van der Waals surface area contributed by atoms with E-state index < -0.39 is 0 Å². The summed E-state index contributed by atoms with van der Waals surface area (Å²) < 4.78 is 1.97. The van der Waals surface area contributed by atoms with Gasteiger partial charge in [0.15, 0.2) is 11.0 Å². The van der Waals surface area contributed by atoms with Crippen LogP contribution in [0.4, 0.5) is 0 Å². The molecule has 1 heterocycles. The summed E-state index contributed by atoms with van der Waals surface area (Å²) in [5.41, 5.74) is 5.54. The summed E-state index contributed by atoms with van der Waals surface area (Å²) in [5.74, 6) is 0.748. The van der Waals surface area contributed by atoms with Gasteiger partial charge in [0.05, 0.1) is 12.0 Å². The first kappa shape index (κ1) is 20.1. The number of thioether (sulfide) groups is 1. The van der Waals surface area contributed by atoms with Crippen molar-refractivity contribution in [1.82, 2.24) is 20.2 Å². The lowest BCUT2D eigenvalue weighted by Crippen LogP contribution is -2.20. The summed E-state index contributed by atoms with van der Waals surface area (Å²) >= 11 is 7.27. The van der Waals surface area contributed by atoms with Gasteiger partial charge in [0.25, 0.3) is 5.91 Å². The number of hydrazone groups is 1. The Balaban J connectivity index is 1.60. The Morgan fingerprint density at radius 1 is 1.21 bits per heavy atom. The first-order valence-electron chi connectivity index (χ1n) is 8.78. The van der Waals surface area contributed by atoms with Gasteiger partial charge in [-0.15, -0.1) is 10.2 Å². The van der Waals surface area contributed by atoms with E-state index in [0.29, 0.717) is 16.7 Å². The first-order valence-corrected chi connectivity index (χ1v) is 10.1. The van der Waals surface area contributed by atoms with E-state index in [1.807, 2.05) is 66.9 Å². The summed E-state index contributed by atoms with van der Waals surface area (Å²) in [6.07, 6.45) is 1.64. The van der Waals surface area contributed by atoms with Crippen LogP contribution in [0, 0.1) is 6.92 Å². The quantitative estimate of drug-likeness (QED) is 0.358. The minimum Gasteiger partial charge on any atom is -0.302 e. The van der Waals surface area contributed by atoms with Crippen molar-refractivity contribution in [2.24, 2.45) is 5.10 Å². The number of nitrogens with zero attached hydrogens (tertiary/aromatic N) is 4. The third kappa shape index (κ3) is 4.99. The highest BCUT2D eigenvalue weighted by molar-refractivity contribution is 7.99. The number of rotatable bonds is 7. The van der Waals surface area contributed by atoms with Crippen molar-refractivity contribution >= 4 is 35.5 Å². The maximum Gasteiger partial charge on any atom is 0.250 e. The largest absolute Gasteiger partial charge is 0.302 e. The Kier molecular flexibility index (Phi) is 6.84. The number of halogens is 1. The van der Waals surface area contributed by atoms with Crippen molar-refractivity contribution in [3.05, 3.63) is 64.7 Å². The average molecular weight is 414 g/mol. The van der Waals surface area contributed by atoms with Crippen LogP contribution in [0.5, 0.6) is 0 Å². The zero-order valence-electron chi connectivity index (χ0n) is 15.6. The van der Waals surface area contributed by atoms with E-state index in [1.165, 1.54) is 11.8 Å². The molecule has 6 nitrogen and oxygen atoms in total. The molecule has 0 aliphatic heterocycles. The minimum atomic E-state index is -0.200. The van der Waals surface area contributed by atoms with Gasteiger partial charge in [-0.05, 0) is 49.2 Å². The van der Waals surface area contributed by atoms with Crippen LogP contribution in [0.25, 0.3) is 11.4 Å². The molecule has 1 amide bonds. The Labute approximate surface area is 173 Å². The molecule has 0 spiro atoms. The van der Waals surface area contributed by atoms with Crippen molar-refractivity contribution in [2.45, 2.75) is 25.5 Å². The molecule has 2 aromatic carbocycles. The molecule has 0 aliphatic rings. The second-order valence-electron chi connectivity index (χ2n) is 6.00. The van der Waals surface area contributed by atoms with Gasteiger partial charge in [-0.3, -0.25) is 4.79 Å². The molecule has 0 radical (unpaired) electrons. The molecule has 0 bridgehead atoms. The van der Waals surface area contributed by atoms with Gasteiger partial charge in [-0.2, -0.15) is 5.10 Å². The number of hydrogen-bond acceptors (Lipinski definition) is 5. The molecule has 3 aromatic rings. The number of hydrogen-bond donors (Lipinski definition) is 1. The Morgan fingerprint density at radius 2 is 1.96 bits per heavy atom. The zero-order chi connectivity index (χ0) is 19.9. The summed E-state index contributed by atoms with van der Waals surface area (Å²) in [7, 11) is 0.